The standard InChI is InChI=1S/C15H12N2/c16-12-8-6-11(7-9-12)13-3-1-5-15-14(13)4-2-10-17-15/h1-10H,16H2. The summed E-state index contributed by atoms with van der Waals surface area (Å²) >= 11 is 0. The van der Waals surface area contributed by atoms with E-state index in [1.807, 2.05) is 48.7 Å². The molecule has 2 N–H and O–H groups in total. The van der Waals surface area contributed by atoms with Crippen LogP contribution in [0.15, 0.2) is 60.8 Å². The molecule has 0 aliphatic heterocycles. The van der Waals surface area contributed by atoms with Crippen molar-refractivity contribution in [2.45, 2.75) is 0 Å². The monoisotopic (exact) mass is 220 g/mol. The van der Waals surface area contributed by atoms with E-state index >= 15 is 0 Å². The van der Waals surface area contributed by atoms with Crippen LogP contribution >= 0.6 is 0 Å². The fourth-order valence-electron chi connectivity index (χ4n) is 2.02. The van der Waals surface area contributed by atoms with E-state index in [2.05, 4.69) is 17.1 Å². The van der Waals surface area contributed by atoms with Crippen LogP contribution in [-0.2, 0) is 0 Å². The number of nitrogens with zero attached hydrogens (tertiary/aromatic N) is 1. The maximum absolute atomic E-state index is 5.71. The second kappa shape index (κ2) is 3.91. The van der Waals surface area contributed by atoms with E-state index < -0.39 is 0 Å². The molecule has 2 heteroatoms. The zero-order chi connectivity index (χ0) is 11.7. The zero-order valence-corrected chi connectivity index (χ0v) is 9.30. The number of fused-ring (bicyclic) bond motifs is 1. The third-order valence-corrected chi connectivity index (χ3v) is 2.87. The van der Waals surface area contributed by atoms with Gasteiger partial charge in [-0.05, 0) is 35.4 Å². The third kappa shape index (κ3) is 1.74. The number of benzene rings is 2. The molecule has 0 fully saturated rings. The Labute approximate surface area is 99.7 Å². The summed E-state index contributed by atoms with van der Waals surface area (Å²) in [4.78, 5) is 4.36. The molecule has 3 aromatic rings. The Balaban J connectivity index is 2.27. The molecule has 2 aromatic carbocycles. The van der Waals surface area contributed by atoms with Gasteiger partial charge in [-0.3, -0.25) is 4.98 Å². The molecule has 0 saturated heterocycles. The lowest BCUT2D eigenvalue weighted by molar-refractivity contribution is 1.41. The highest BCUT2D eigenvalue weighted by atomic mass is 14.6. The van der Waals surface area contributed by atoms with Crippen molar-refractivity contribution in [1.29, 1.82) is 0 Å². The Kier molecular flexibility index (Phi) is 2.26. The lowest BCUT2D eigenvalue weighted by Crippen LogP contribution is -1.86. The summed E-state index contributed by atoms with van der Waals surface area (Å²) in [6, 6.07) is 18.1. The van der Waals surface area contributed by atoms with Crippen molar-refractivity contribution in [3.05, 3.63) is 60.8 Å². The van der Waals surface area contributed by atoms with Crippen molar-refractivity contribution in [2.75, 3.05) is 5.73 Å². The Morgan fingerprint density at radius 3 is 2.47 bits per heavy atom. The van der Waals surface area contributed by atoms with E-state index in [9.17, 15) is 0 Å². The average molecular weight is 220 g/mol. The fourth-order valence-corrected chi connectivity index (χ4v) is 2.02. The predicted molar refractivity (Wildman–Crippen MR) is 71.6 cm³/mol. The predicted octanol–water partition coefficient (Wildman–Crippen LogP) is 3.48. The maximum Gasteiger partial charge on any atom is 0.0708 e. The lowest BCUT2D eigenvalue weighted by Gasteiger charge is -2.06. The molecule has 17 heavy (non-hydrogen) atoms. The van der Waals surface area contributed by atoms with Crippen molar-refractivity contribution < 1.29 is 0 Å². The van der Waals surface area contributed by atoms with Gasteiger partial charge in [0.15, 0.2) is 0 Å². The van der Waals surface area contributed by atoms with Gasteiger partial charge in [0.1, 0.15) is 0 Å². The van der Waals surface area contributed by atoms with E-state index in [0.29, 0.717) is 0 Å². The molecular weight excluding hydrogens is 208 g/mol. The van der Waals surface area contributed by atoms with Crippen LogP contribution in [0.3, 0.4) is 0 Å². The first kappa shape index (κ1) is 9.85. The summed E-state index contributed by atoms with van der Waals surface area (Å²) in [5.74, 6) is 0. The number of hydrogen-bond donors (Lipinski definition) is 1. The first-order valence-electron chi connectivity index (χ1n) is 5.54. The Bertz CT molecular complexity index is 652. The van der Waals surface area contributed by atoms with E-state index in [-0.39, 0.29) is 0 Å². The van der Waals surface area contributed by atoms with Crippen LogP contribution < -0.4 is 5.73 Å². The highest BCUT2D eigenvalue weighted by Crippen LogP contribution is 2.27. The summed E-state index contributed by atoms with van der Waals surface area (Å²) in [6.45, 7) is 0. The second-order valence-electron chi connectivity index (χ2n) is 4.00. The quantitative estimate of drug-likeness (QED) is 0.637. The van der Waals surface area contributed by atoms with Gasteiger partial charge in [0, 0.05) is 17.3 Å². The maximum atomic E-state index is 5.71. The second-order valence-corrected chi connectivity index (χ2v) is 4.00. The minimum atomic E-state index is 0.784. The van der Waals surface area contributed by atoms with Crippen molar-refractivity contribution in [2.24, 2.45) is 0 Å². The number of anilines is 1. The van der Waals surface area contributed by atoms with Gasteiger partial charge in [-0.1, -0.05) is 30.3 Å². The molecular formula is C15H12N2. The molecule has 0 unspecified atom stereocenters. The number of aromatic nitrogens is 1. The van der Waals surface area contributed by atoms with E-state index in [0.717, 1.165) is 16.8 Å². The summed E-state index contributed by atoms with van der Waals surface area (Å²) in [6.07, 6.45) is 1.81. The van der Waals surface area contributed by atoms with Crippen LogP contribution in [0.4, 0.5) is 5.69 Å². The molecule has 0 aliphatic carbocycles. The lowest BCUT2D eigenvalue weighted by atomic mass is 10.0. The number of nitrogen functional groups attached to an aromatic ring is 1. The summed E-state index contributed by atoms with van der Waals surface area (Å²) in [5.41, 5.74) is 9.86. The molecule has 0 spiro atoms. The van der Waals surface area contributed by atoms with Crippen LogP contribution in [0.2, 0.25) is 0 Å². The van der Waals surface area contributed by atoms with Gasteiger partial charge in [0.2, 0.25) is 0 Å². The molecule has 3 rings (SSSR count). The molecule has 0 atom stereocenters. The van der Waals surface area contributed by atoms with Gasteiger partial charge in [0.05, 0.1) is 5.52 Å². The topological polar surface area (TPSA) is 38.9 Å². The van der Waals surface area contributed by atoms with Crippen molar-refractivity contribution in [3.63, 3.8) is 0 Å². The summed E-state index contributed by atoms with van der Waals surface area (Å²) in [7, 11) is 0. The molecule has 2 nitrogen and oxygen atoms in total. The average Bonchev–Trinajstić information content (AvgIpc) is 2.39. The zero-order valence-electron chi connectivity index (χ0n) is 9.30. The van der Waals surface area contributed by atoms with Crippen molar-refractivity contribution in [3.8, 4) is 11.1 Å². The third-order valence-electron chi connectivity index (χ3n) is 2.87. The molecule has 0 amide bonds. The Hall–Kier alpha value is -2.35. The van der Waals surface area contributed by atoms with Gasteiger partial charge >= 0.3 is 0 Å². The summed E-state index contributed by atoms with van der Waals surface area (Å²) in [5, 5.41) is 1.17. The van der Waals surface area contributed by atoms with Crippen LogP contribution in [-0.4, -0.2) is 4.98 Å². The molecule has 0 bridgehead atoms. The number of pyridine rings is 1. The normalized spacial score (nSPS) is 10.6. The largest absolute Gasteiger partial charge is 0.399 e. The highest BCUT2D eigenvalue weighted by molar-refractivity contribution is 5.94. The number of hydrogen-bond acceptors (Lipinski definition) is 2. The SMILES string of the molecule is Nc1ccc(-c2cccc3ncccc23)cc1. The smallest absolute Gasteiger partial charge is 0.0708 e. The van der Waals surface area contributed by atoms with Gasteiger partial charge in [-0.25, -0.2) is 0 Å². The van der Waals surface area contributed by atoms with Crippen LogP contribution in [0.1, 0.15) is 0 Å². The number of nitrogens with two attached hydrogens (primary N) is 1. The minimum absolute atomic E-state index is 0.784. The summed E-state index contributed by atoms with van der Waals surface area (Å²) < 4.78 is 0. The van der Waals surface area contributed by atoms with Gasteiger partial charge < -0.3 is 5.73 Å². The van der Waals surface area contributed by atoms with E-state index in [1.54, 1.807) is 0 Å². The van der Waals surface area contributed by atoms with Gasteiger partial charge in [-0.2, -0.15) is 0 Å². The van der Waals surface area contributed by atoms with E-state index in [1.165, 1.54) is 10.9 Å². The van der Waals surface area contributed by atoms with Crippen molar-refractivity contribution >= 4 is 16.6 Å². The molecule has 1 aromatic heterocycles. The highest BCUT2D eigenvalue weighted by Gasteiger charge is 2.03. The minimum Gasteiger partial charge on any atom is -0.399 e. The van der Waals surface area contributed by atoms with Crippen molar-refractivity contribution in [1.82, 2.24) is 4.98 Å². The first-order valence-corrected chi connectivity index (χ1v) is 5.54. The number of rotatable bonds is 1. The molecule has 1 heterocycles. The van der Waals surface area contributed by atoms with Crippen LogP contribution in [0.5, 0.6) is 0 Å². The van der Waals surface area contributed by atoms with Gasteiger partial charge in [-0.15, -0.1) is 0 Å². The van der Waals surface area contributed by atoms with Gasteiger partial charge in [0.25, 0.3) is 0 Å². The Morgan fingerprint density at radius 2 is 1.65 bits per heavy atom. The molecule has 0 aliphatic rings. The first-order chi connectivity index (χ1) is 8.34. The molecule has 0 saturated carbocycles. The van der Waals surface area contributed by atoms with E-state index in [4.69, 9.17) is 5.73 Å². The van der Waals surface area contributed by atoms with Crippen LogP contribution in [0, 0.1) is 0 Å². The molecule has 0 radical (unpaired) electrons. The Morgan fingerprint density at radius 1 is 0.824 bits per heavy atom. The molecule has 82 valence electrons. The van der Waals surface area contributed by atoms with Crippen LogP contribution in [0.25, 0.3) is 22.0 Å². The fraction of sp³-hybridized carbons (Fsp3) is 0.